The molecule has 2 aromatic rings. The molecule has 48 heavy (non-hydrogen) atoms. The van der Waals surface area contributed by atoms with E-state index in [9.17, 15) is 24.3 Å². The van der Waals surface area contributed by atoms with Crippen LogP contribution < -0.4 is 16.8 Å². The third-order valence-corrected chi connectivity index (χ3v) is 8.27. The van der Waals surface area contributed by atoms with Crippen molar-refractivity contribution in [2.24, 2.45) is 17.4 Å². The number of likely N-dealkylation sites (tertiary alicyclic amines) is 1. The number of carbonyl (C=O) groups excluding carboxylic acids is 4. The maximum Gasteiger partial charge on any atom is 0.412 e. The van der Waals surface area contributed by atoms with Gasteiger partial charge in [0.15, 0.2) is 0 Å². The van der Waals surface area contributed by atoms with Crippen LogP contribution in [0.15, 0.2) is 60.7 Å². The Labute approximate surface area is 295 Å². The predicted molar refractivity (Wildman–Crippen MR) is 185 cm³/mol. The van der Waals surface area contributed by atoms with Crippen LogP contribution in [0.4, 0.5) is 4.79 Å². The Hall–Kier alpha value is -3.42. The molecular weight excluding hydrogens is 663 g/mol. The number of nitrogens with two attached hydrogens (primary N) is 2. The van der Waals surface area contributed by atoms with E-state index in [1.54, 1.807) is 67.6 Å². The molecule has 2 amide bonds. The number of ether oxygens (including phenoxy) is 3. The van der Waals surface area contributed by atoms with Crippen LogP contribution in [0, 0.1) is 5.92 Å². The SMILES string of the molecule is CC[C@H](C)C(NC(=O)[C@@H](N)CCCCN)C(=O)OC(C)OC(=O)N1CCC(OC(=O)C(O)(c2ccccc2)c2ccccc2)CC1.Cl.Cl. The Balaban J connectivity index is 0.00000576. The molecule has 1 aliphatic heterocycles. The molecule has 6 N–H and O–H groups in total. The summed E-state index contributed by atoms with van der Waals surface area (Å²) in [4.78, 5) is 53.3. The number of aliphatic hydroxyl groups is 1. The zero-order valence-corrected chi connectivity index (χ0v) is 29.4. The summed E-state index contributed by atoms with van der Waals surface area (Å²) in [7, 11) is 0. The Morgan fingerprint density at radius 1 is 0.938 bits per heavy atom. The molecule has 4 atom stereocenters. The van der Waals surface area contributed by atoms with Crippen molar-refractivity contribution in [3.63, 3.8) is 0 Å². The van der Waals surface area contributed by atoms with Gasteiger partial charge in [0.2, 0.25) is 17.8 Å². The highest BCUT2D eigenvalue weighted by Crippen LogP contribution is 2.32. The van der Waals surface area contributed by atoms with Crippen molar-refractivity contribution >= 4 is 48.8 Å². The number of halogens is 2. The van der Waals surface area contributed by atoms with Crippen LogP contribution >= 0.6 is 24.8 Å². The second-order valence-corrected chi connectivity index (χ2v) is 11.7. The van der Waals surface area contributed by atoms with Gasteiger partial charge < -0.3 is 41.0 Å². The number of nitrogens with one attached hydrogen (secondary N) is 1. The standard InChI is InChI=1S/C34H48N4O8.2ClH/c1-4-23(2)29(37-30(39)28(36)17-11-12-20-35)31(40)44-24(3)45-33(42)38-21-18-27(19-22-38)46-32(41)34(43,25-13-7-5-8-14-25)26-15-9-6-10-16-26;;/h5-10,13-16,23-24,27-29,43H,4,11-12,17-22,35-36H2,1-3H3,(H,37,39);2*1H/t23-,24?,28-,29?;;/m0../s1. The Bertz CT molecular complexity index is 1240. The van der Waals surface area contributed by atoms with Gasteiger partial charge in [-0.05, 0) is 36.4 Å². The molecule has 1 fully saturated rings. The van der Waals surface area contributed by atoms with Crippen molar-refractivity contribution in [3.8, 4) is 0 Å². The van der Waals surface area contributed by atoms with E-state index in [2.05, 4.69) is 5.32 Å². The average Bonchev–Trinajstić information content (AvgIpc) is 3.07. The zero-order chi connectivity index (χ0) is 33.7. The van der Waals surface area contributed by atoms with Crippen molar-refractivity contribution < 1.29 is 38.5 Å². The molecule has 268 valence electrons. The molecule has 1 heterocycles. The molecule has 0 bridgehead atoms. The number of benzene rings is 2. The van der Waals surface area contributed by atoms with Crippen molar-refractivity contribution in [1.29, 1.82) is 0 Å². The monoisotopic (exact) mass is 712 g/mol. The lowest BCUT2D eigenvalue weighted by molar-refractivity contribution is -0.172. The molecule has 12 nitrogen and oxygen atoms in total. The lowest BCUT2D eigenvalue weighted by Crippen LogP contribution is -2.52. The van der Waals surface area contributed by atoms with Gasteiger partial charge in [0.05, 0.1) is 6.04 Å². The van der Waals surface area contributed by atoms with Gasteiger partial charge >= 0.3 is 18.0 Å². The van der Waals surface area contributed by atoms with Gasteiger partial charge in [-0.1, -0.05) is 87.4 Å². The summed E-state index contributed by atoms with van der Waals surface area (Å²) in [6.07, 6.45) is 0.665. The van der Waals surface area contributed by atoms with Crippen molar-refractivity contribution in [1.82, 2.24) is 10.2 Å². The molecule has 14 heteroatoms. The highest BCUT2D eigenvalue weighted by Gasteiger charge is 2.43. The molecule has 0 spiro atoms. The number of hydrogen-bond acceptors (Lipinski definition) is 10. The van der Waals surface area contributed by atoms with Gasteiger partial charge in [-0.3, -0.25) is 4.79 Å². The molecule has 0 radical (unpaired) electrons. The third-order valence-electron chi connectivity index (χ3n) is 8.27. The van der Waals surface area contributed by atoms with Crippen LogP contribution in [0.1, 0.15) is 70.4 Å². The number of hydrogen-bond donors (Lipinski definition) is 4. The van der Waals surface area contributed by atoms with E-state index in [0.29, 0.717) is 49.8 Å². The second kappa shape index (κ2) is 20.8. The summed E-state index contributed by atoms with van der Waals surface area (Å²) >= 11 is 0. The third kappa shape index (κ3) is 11.6. The summed E-state index contributed by atoms with van der Waals surface area (Å²) in [6, 6.07) is 15.5. The maximum absolute atomic E-state index is 13.4. The van der Waals surface area contributed by atoms with Crippen molar-refractivity contribution in [3.05, 3.63) is 71.8 Å². The summed E-state index contributed by atoms with van der Waals surface area (Å²) in [5, 5.41) is 14.3. The van der Waals surface area contributed by atoms with Gasteiger partial charge in [-0.2, -0.15) is 0 Å². The number of nitrogens with zero attached hydrogens (tertiary/aromatic N) is 1. The van der Waals surface area contributed by atoms with Crippen LogP contribution in [0.3, 0.4) is 0 Å². The largest absolute Gasteiger partial charge is 0.460 e. The first-order valence-corrected chi connectivity index (χ1v) is 16.0. The lowest BCUT2D eigenvalue weighted by Gasteiger charge is -2.34. The number of amides is 2. The van der Waals surface area contributed by atoms with Crippen LogP contribution in [0.25, 0.3) is 0 Å². The van der Waals surface area contributed by atoms with E-state index in [4.69, 9.17) is 25.7 Å². The van der Waals surface area contributed by atoms with E-state index in [-0.39, 0.29) is 43.8 Å². The predicted octanol–water partition coefficient (Wildman–Crippen LogP) is 3.79. The van der Waals surface area contributed by atoms with E-state index in [0.717, 1.165) is 6.42 Å². The van der Waals surface area contributed by atoms with E-state index < -0.39 is 54.0 Å². The molecule has 0 saturated carbocycles. The molecule has 1 aliphatic rings. The first-order chi connectivity index (χ1) is 22.0. The van der Waals surface area contributed by atoms with Gasteiger partial charge in [0, 0.05) is 32.9 Å². The van der Waals surface area contributed by atoms with Gasteiger partial charge in [0.1, 0.15) is 12.1 Å². The lowest BCUT2D eigenvalue weighted by atomic mass is 9.86. The fourth-order valence-corrected chi connectivity index (χ4v) is 5.20. The van der Waals surface area contributed by atoms with Crippen LogP contribution in [-0.4, -0.2) is 78.1 Å². The van der Waals surface area contributed by atoms with Crippen LogP contribution in [0.2, 0.25) is 0 Å². The number of rotatable bonds is 15. The molecule has 0 aromatic heterocycles. The first-order valence-electron chi connectivity index (χ1n) is 16.0. The fraction of sp³-hybridized carbons (Fsp3) is 0.529. The average molecular weight is 714 g/mol. The van der Waals surface area contributed by atoms with Gasteiger partial charge in [0.25, 0.3) is 0 Å². The van der Waals surface area contributed by atoms with Crippen molar-refractivity contribution in [2.75, 3.05) is 19.6 Å². The number of esters is 2. The Morgan fingerprint density at radius 2 is 1.48 bits per heavy atom. The smallest absolute Gasteiger partial charge is 0.412 e. The molecule has 0 aliphatic carbocycles. The number of piperidine rings is 1. The molecular formula is C34H50Cl2N4O8. The van der Waals surface area contributed by atoms with Gasteiger partial charge in [-0.25, -0.2) is 14.4 Å². The molecule has 2 unspecified atom stereocenters. The van der Waals surface area contributed by atoms with Crippen LogP contribution in [-0.2, 0) is 34.2 Å². The van der Waals surface area contributed by atoms with E-state index in [1.165, 1.54) is 11.8 Å². The first kappa shape index (κ1) is 42.6. The van der Waals surface area contributed by atoms with Gasteiger partial charge in [-0.15, -0.1) is 24.8 Å². The van der Waals surface area contributed by atoms with E-state index in [1.807, 2.05) is 6.92 Å². The normalized spacial score (nSPS) is 15.8. The quantitative estimate of drug-likeness (QED) is 0.120. The van der Waals surface area contributed by atoms with Crippen molar-refractivity contribution in [2.45, 2.75) is 89.4 Å². The number of carbonyl (C=O) groups is 4. The summed E-state index contributed by atoms with van der Waals surface area (Å²) in [6.45, 7) is 6.06. The Kier molecular flexibility index (Phi) is 18.5. The fourth-order valence-electron chi connectivity index (χ4n) is 5.20. The molecule has 1 saturated heterocycles. The topological polar surface area (TPSA) is 184 Å². The zero-order valence-electron chi connectivity index (χ0n) is 27.7. The van der Waals surface area contributed by atoms with Crippen LogP contribution in [0.5, 0.6) is 0 Å². The summed E-state index contributed by atoms with van der Waals surface area (Å²) < 4.78 is 16.5. The second-order valence-electron chi connectivity index (χ2n) is 11.7. The summed E-state index contributed by atoms with van der Waals surface area (Å²) in [5.41, 5.74) is 10.3. The number of unbranched alkanes of at least 4 members (excludes halogenated alkanes) is 1. The Morgan fingerprint density at radius 3 is 1.98 bits per heavy atom. The summed E-state index contributed by atoms with van der Waals surface area (Å²) in [5.74, 6) is -2.24. The maximum atomic E-state index is 13.4. The highest BCUT2D eigenvalue weighted by atomic mass is 35.5. The minimum atomic E-state index is -2.00. The van der Waals surface area contributed by atoms with E-state index >= 15 is 0 Å². The highest BCUT2D eigenvalue weighted by molar-refractivity contribution is 5.88. The minimum Gasteiger partial charge on any atom is -0.460 e. The minimum absolute atomic E-state index is 0. The molecule has 2 aromatic carbocycles. The molecule has 3 rings (SSSR count).